The summed E-state index contributed by atoms with van der Waals surface area (Å²) < 4.78 is 5.64. The number of aliphatic carboxylic acids is 1. The Morgan fingerprint density at radius 3 is 2.16 bits per heavy atom. The van der Waals surface area contributed by atoms with Crippen LogP contribution in [0.15, 0.2) is 0 Å². The highest BCUT2D eigenvalue weighted by Gasteiger charge is 2.24. The van der Waals surface area contributed by atoms with Crippen LogP contribution in [0.25, 0.3) is 0 Å². The van der Waals surface area contributed by atoms with Gasteiger partial charge in [0.1, 0.15) is 12.3 Å². The first-order valence-corrected chi connectivity index (χ1v) is 6.37. The Balaban J connectivity index is 4.34. The van der Waals surface area contributed by atoms with E-state index in [1.807, 2.05) is 21.1 Å². The van der Waals surface area contributed by atoms with Crippen molar-refractivity contribution in [2.75, 3.05) is 27.7 Å². The normalized spacial score (nSPS) is 12.8. The van der Waals surface area contributed by atoms with Crippen molar-refractivity contribution >= 4 is 17.7 Å². The maximum atomic E-state index is 11.6. The van der Waals surface area contributed by atoms with E-state index in [1.54, 1.807) is 6.92 Å². The topological polar surface area (TPSA) is 80.7 Å². The van der Waals surface area contributed by atoms with E-state index < -0.39 is 18.0 Å². The highest BCUT2D eigenvalue weighted by molar-refractivity contribution is 5.82. The molecule has 0 aliphatic heterocycles. The number of quaternary nitrogens is 1. The Morgan fingerprint density at radius 2 is 1.74 bits per heavy atom. The molecule has 0 aliphatic carbocycles. The molecular weight excluding hydrogens is 250 g/mol. The summed E-state index contributed by atoms with van der Waals surface area (Å²) in [4.78, 5) is 33.4. The Labute approximate surface area is 113 Å². The predicted molar refractivity (Wildman–Crippen MR) is 69.6 cm³/mol. The number of carboxylic acid groups (broad SMARTS) is 1. The molecule has 0 amide bonds. The molecule has 0 spiro atoms. The number of carbonyl (C=O) groups is 3. The second-order valence-electron chi connectivity index (χ2n) is 5.57. The minimum absolute atomic E-state index is 0.00154. The van der Waals surface area contributed by atoms with Crippen molar-refractivity contribution in [2.45, 2.75) is 38.7 Å². The number of likely N-dealkylation sites (N-methyl/N-ethyl adjacent to an activating group) is 1. The van der Waals surface area contributed by atoms with Crippen LogP contribution in [0.1, 0.15) is 32.6 Å². The summed E-state index contributed by atoms with van der Waals surface area (Å²) in [6.45, 7) is 2.15. The lowest BCUT2D eigenvalue weighted by atomic mass is 10.2. The van der Waals surface area contributed by atoms with Crippen LogP contribution in [0.4, 0.5) is 0 Å². The maximum absolute atomic E-state index is 11.6. The van der Waals surface area contributed by atoms with E-state index in [9.17, 15) is 14.4 Å². The summed E-state index contributed by atoms with van der Waals surface area (Å²) in [5, 5.41) is 8.80. The molecule has 0 saturated heterocycles. The fourth-order valence-corrected chi connectivity index (χ4v) is 1.61. The van der Waals surface area contributed by atoms with Crippen LogP contribution in [-0.4, -0.2) is 61.1 Å². The second kappa shape index (κ2) is 7.89. The molecule has 0 aromatic heterocycles. The Hall–Kier alpha value is -1.43. The molecule has 1 N–H and O–H groups in total. The molecule has 0 fully saturated rings. The summed E-state index contributed by atoms with van der Waals surface area (Å²) in [6, 6.07) is 0. The minimum Gasteiger partial charge on any atom is -0.481 e. The summed E-state index contributed by atoms with van der Waals surface area (Å²) in [5.74, 6) is -1.52. The molecule has 0 aliphatic rings. The molecule has 0 bridgehead atoms. The fraction of sp³-hybridized carbons (Fsp3) is 0.769. The summed E-state index contributed by atoms with van der Waals surface area (Å²) in [6.07, 6.45) is -0.325. The number of esters is 1. The molecule has 6 nitrogen and oxygen atoms in total. The number of rotatable bonds is 9. The van der Waals surface area contributed by atoms with Crippen molar-refractivity contribution in [2.24, 2.45) is 0 Å². The van der Waals surface area contributed by atoms with E-state index in [2.05, 4.69) is 0 Å². The van der Waals surface area contributed by atoms with Gasteiger partial charge >= 0.3 is 11.9 Å². The first-order chi connectivity index (χ1) is 8.64. The molecule has 0 radical (unpaired) electrons. The lowest BCUT2D eigenvalue weighted by molar-refractivity contribution is -0.873. The molecule has 110 valence electrons. The van der Waals surface area contributed by atoms with Gasteiger partial charge in [-0.05, 0) is 0 Å². The van der Waals surface area contributed by atoms with Gasteiger partial charge in [0.25, 0.3) is 0 Å². The zero-order valence-corrected chi connectivity index (χ0v) is 12.1. The summed E-state index contributed by atoms with van der Waals surface area (Å²) in [7, 11) is 5.68. The third-order valence-corrected chi connectivity index (χ3v) is 2.45. The van der Waals surface area contributed by atoms with Crippen LogP contribution in [0, 0.1) is 0 Å². The highest BCUT2D eigenvalue weighted by Crippen LogP contribution is 2.07. The molecule has 0 aromatic rings. The minimum atomic E-state index is -1.00. The zero-order valence-electron chi connectivity index (χ0n) is 12.1. The quantitative estimate of drug-likeness (QED) is 0.498. The van der Waals surface area contributed by atoms with E-state index in [1.165, 1.54) is 0 Å². The first-order valence-electron chi connectivity index (χ1n) is 6.37. The average molecular weight is 274 g/mol. The van der Waals surface area contributed by atoms with Crippen LogP contribution >= 0.6 is 0 Å². The average Bonchev–Trinajstić information content (AvgIpc) is 2.22. The van der Waals surface area contributed by atoms with E-state index in [4.69, 9.17) is 9.84 Å². The largest absolute Gasteiger partial charge is 0.481 e. The molecular formula is C13H24NO5+. The molecule has 0 rings (SSSR count). The van der Waals surface area contributed by atoms with E-state index >= 15 is 0 Å². The number of hydrogen-bond donors (Lipinski definition) is 1. The Bertz CT molecular complexity index is 332. The maximum Gasteiger partial charge on any atom is 0.307 e. The lowest BCUT2D eigenvalue weighted by Gasteiger charge is -2.28. The van der Waals surface area contributed by atoms with Gasteiger partial charge in [-0.15, -0.1) is 0 Å². The summed E-state index contributed by atoms with van der Waals surface area (Å²) in [5.41, 5.74) is 0. The van der Waals surface area contributed by atoms with E-state index in [-0.39, 0.29) is 25.0 Å². The van der Waals surface area contributed by atoms with Crippen LogP contribution in [0.3, 0.4) is 0 Å². The number of ether oxygens (including phenoxy) is 1. The van der Waals surface area contributed by atoms with Crippen LogP contribution in [0.2, 0.25) is 0 Å². The van der Waals surface area contributed by atoms with Gasteiger partial charge < -0.3 is 14.3 Å². The van der Waals surface area contributed by atoms with E-state index in [0.29, 0.717) is 17.4 Å². The van der Waals surface area contributed by atoms with Crippen molar-refractivity contribution in [1.82, 2.24) is 0 Å². The molecule has 6 heteroatoms. The third kappa shape index (κ3) is 10.2. The van der Waals surface area contributed by atoms with Gasteiger partial charge in [-0.3, -0.25) is 14.4 Å². The number of ketones is 1. The number of nitrogens with zero attached hydrogens (tertiary/aromatic N) is 1. The number of carboxylic acids is 1. The fourth-order valence-electron chi connectivity index (χ4n) is 1.61. The van der Waals surface area contributed by atoms with Crippen molar-refractivity contribution in [1.29, 1.82) is 0 Å². The van der Waals surface area contributed by atoms with Gasteiger partial charge in [0.05, 0.1) is 34.0 Å². The van der Waals surface area contributed by atoms with Crippen molar-refractivity contribution in [3.8, 4) is 0 Å². The SMILES string of the molecule is CCC(=O)CCC(=O)OC(CC(=O)O)C[N+](C)(C)C. The second-order valence-corrected chi connectivity index (χ2v) is 5.57. The van der Waals surface area contributed by atoms with Crippen molar-refractivity contribution in [3.63, 3.8) is 0 Å². The summed E-state index contributed by atoms with van der Waals surface area (Å²) >= 11 is 0. The van der Waals surface area contributed by atoms with Gasteiger partial charge in [0, 0.05) is 12.8 Å². The van der Waals surface area contributed by atoms with Gasteiger partial charge in [0.2, 0.25) is 0 Å². The highest BCUT2D eigenvalue weighted by atomic mass is 16.5. The molecule has 0 aromatic carbocycles. The number of carbonyl (C=O) groups excluding carboxylic acids is 2. The standard InChI is InChI=1S/C13H23NO5/c1-5-10(15)6-7-13(18)19-11(8-12(16)17)9-14(2,3)4/h11H,5-9H2,1-4H3/p+1. The Morgan fingerprint density at radius 1 is 1.16 bits per heavy atom. The van der Waals surface area contributed by atoms with Gasteiger partial charge in [-0.1, -0.05) is 6.92 Å². The lowest BCUT2D eigenvalue weighted by Crippen LogP contribution is -2.43. The molecule has 1 atom stereocenters. The van der Waals surface area contributed by atoms with Gasteiger partial charge in [-0.2, -0.15) is 0 Å². The van der Waals surface area contributed by atoms with Gasteiger partial charge in [-0.25, -0.2) is 0 Å². The van der Waals surface area contributed by atoms with Crippen LogP contribution < -0.4 is 0 Å². The van der Waals surface area contributed by atoms with Crippen molar-refractivity contribution < 1.29 is 28.7 Å². The molecule has 1 unspecified atom stereocenters. The smallest absolute Gasteiger partial charge is 0.307 e. The zero-order chi connectivity index (χ0) is 15.1. The van der Waals surface area contributed by atoms with E-state index in [0.717, 1.165) is 0 Å². The Kier molecular flexibility index (Phi) is 7.29. The van der Waals surface area contributed by atoms with Crippen LogP contribution in [-0.2, 0) is 19.1 Å². The van der Waals surface area contributed by atoms with Gasteiger partial charge in [0.15, 0.2) is 6.10 Å². The monoisotopic (exact) mass is 274 g/mol. The molecule has 0 saturated carbocycles. The van der Waals surface area contributed by atoms with Crippen molar-refractivity contribution in [3.05, 3.63) is 0 Å². The number of Topliss-reactive ketones (excluding diaryl/α,β-unsaturated/α-hetero) is 1. The molecule has 0 heterocycles. The number of hydrogen-bond acceptors (Lipinski definition) is 4. The predicted octanol–water partition coefficient (Wildman–Crippen LogP) is 0.838. The first kappa shape index (κ1) is 17.6. The molecule has 19 heavy (non-hydrogen) atoms. The van der Waals surface area contributed by atoms with Crippen LogP contribution in [0.5, 0.6) is 0 Å². The third-order valence-electron chi connectivity index (χ3n) is 2.45.